The van der Waals surface area contributed by atoms with Crippen LogP contribution in [0, 0.1) is 5.92 Å². The lowest BCUT2D eigenvalue weighted by atomic mass is 9.96. The third-order valence-corrected chi connectivity index (χ3v) is 3.56. The Balaban J connectivity index is 1.96. The van der Waals surface area contributed by atoms with E-state index in [-0.39, 0.29) is 6.10 Å². The maximum absolute atomic E-state index is 5.55. The van der Waals surface area contributed by atoms with Crippen molar-refractivity contribution in [3.63, 3.8) is 0 Å². The molecule has 1 fully saturated rings. The lowest BCUT2D eigenvalue weighted by Gasteiger charge is -2.35. The maximum atomic E-state index is 5.55. The molecule has 1 aliphatic heterocycles. The molecular formula is C13H23N3O2. The van der Waals surface area contributed by atoms with Gasteiger partial charge in [0, 0.05) is 26.7 Å². The Morgan fingerprint density at radius 3 is 3.17 bits per heavy atom. The lowest BCUT2D eigenvalue weighted by Crippen LogP contribution is -2.44. The van der Waals surface area contributed by atoms with Crippen LogP contribution in [0.5, 0.6) is 0 Å². The molecule has 1 saturated heterocycles. The van der Waals surface area contributed by atoms with Crippen LogP contribution in [0.25, 0.3) is 0 Å². The fourth-order valence-electron chi connectivity index (χ4n) is 2.29. The standard InChI is InChI=1S/C13H23N3O2/c1-4-14-7-11-9-18-13(15-11)16-6-5-10(2)12(8-16)17-3/h9-10,12,14H,4-8H2,1-3H3. The molecule has 1 N–H and O–H groups in total. The summed E-state index contributed by atoms with van der Waals surface area (Å²) >= 11 is 0. The number of methoxy groups -OCH3 is 1. The number of hydrogen-bond donors (Lipinski definition) is 1. The van der Waals surface area contributed by atoms with E-state index in [0.29, 0.717) is 5.92 Å². The van der Waals surface area contributed by atoms with Gasteiger partial charge >= 0.3 is 0 Å². The Morgan fingerprint density at radius 2 is 2.44 bits per heavy atom. The Kier molecular flexibility index (Phi) is 4.60. The van der Waals surface area contributed by atoms with E-state index >= 15 is 0 Å². The largest absolute Gasteiger partial charge is 0.432 e. The van der Waals surface area contributed by atoms with Gasteiger partial charge in [0.15, 0.2) is 0 Å². The van der Waals surface area contributed by atoms with Crippen LogP contribution in [0.2, 0.25) is 0 Å². The topological polar surface area (TPSA) is 50.5 Å². The van der Waals surface area contributed by atoms with Crippen molar-refractivity contribution in [1.29, 1.82) is 0 Å². The van der Waals surface area contributed by atoms with Gasteiger partial charge in [-0.1, -0.05) is 13.8 Å². The Labute approximate surface area is 109 Å². The molecule has 1 aliphatic rings. The highest BCUT2D eigenvalue weighted by Gasteiger charge is 2.28. The molecule has 0 saturated carbocycles. The van der Waals surface area contributed by atoms with Crippen molar-refractivity contribution in [3.05, 3.63) is 12.0 Å². The van der Waals surface area contributed by atoms with E-state index in [1.165, 1.54) is 0 Å². The normalized spacial score (nSPS) is 24.5. The zero-order valence-corrected chi connectivity index (χ0v) is 11.5. The molecule has 1 aromatic heterocycles. The van der Waals surface area contributed by atoms with Crippen LogP contribution in [-0.4, -0.2) is 37.8 Å². The van der Waals surface area contributed by atoms with E-state index in [4.69, 9.17) is 9.15 Å². The smallest absolute Gasteiger partial charge is 0.297 e. The summed E-state index contributed by atoms with van der Waals surface area (Å²) < 4.78 is 11.1. The van der Waals surface area contributed by atoms with Gasteiger partial charge in [0.25, 0.3) is 6.01 Å². The van der Waals surface area contributed by atoms with Gasteiger partial charge in [-0.2, -0.15) is 4.98 Å². The fourth-order valence-corrected chi connectivity index (χ4v) is 2.29. The van der Waals surface area contributed by atoms with E-state index in [1.54, 1.807) is 13.4 Å². The quantitative estimate of drug-likeness (QED) is 0.864. The third-order valence-electron chi connectivity index (χ3n) is 3.56. The molecule has 18 heavy (non-hydrogen) atoms. The van der Waals surface area contributed by atoms with Gasteiger partial charge in [0.1, 0.15) is 6.26 Å². The molecule has 2 unspecified atom stereocenters. The second kappa shape index (κ2) is 6.20. The minimum atomic E-state index is 0.267. The van der Waals surface area contributed by atoms with Crippen molar-refractivity contribution < 1.29 is 9.15 Å². The van der Waals surface area contributed by atoms with Gasteiger partial charge in [0.05, 0.1) is 11.8 Å². The lowest BCUT2D eigenvalue weighted by molar-refractivity contribution is 0.0486. The Bertz CT molecular complexity index is 367. The zero-order valence-electron chi connectivity index (χ0n) is 11.5. The molecule has 0 aromatic carbocycles. The molecule has 0 amide bonds. The maximum Gasteiger partial charge on any atom is 0.297 e. The number of nitrogens with zero attached hydrogens (tertiary/aromatic N) is 2. The SMILES string of the molecule is CCNCc1coc(N2CCC(C)C(OC)C2)n1. The minimum Gasteiger partial charge on any atom is -0.432 e. The van der Waals surface area contributed by atoms with E-state index in [1.807, 2.05) is 0 Å². The van der Waals surface area contributed by atoms with Crippen LogP contribution in [0.3, 0.4) is 0 Å². The zero-order chi connectivity index (χ0) is 13.0. The van der Waals surface area contributed by atoms with Gasteiger partial charge in [0.2, 0.25) is 0 Å². The summed E-state index contributed by atoms with van der Waals surface area (Å²) in [4.78, 5) is 6.68. The summed E-state index contributed by atoms with van der Waals surface area (Å²) in [6, 6.07) is 0.719. The van der Waals surface area contributed by atoms with Crippen LogP contribution in [0.1, 0.15) is 26.0 Å². The molecule has 2 heterocycles. The number of hydrogen-bond acceptors (Lipinski definition) is 5. The number of nitrogens with one attached hydrogen (secondary N) is 1. The molecule has 1 aromatic rings. The second-order valence-electron chi connectivity index (χ2n) is 4.89. The van der Waals surface area contributed by atoms with Gasteiger partial charge in [-0.3, -0.25) is 0 Å². The summed E-state index contributed by atoms with van der Waals surface area (Å²) in [6.45, 7) is 7.86. The van der Waals surface area contributed by atoms with Crippen LogP contribution in [0.4, 0.5) is 6.01 Å². The number of anilines is 1. The number of ether oxygens (including phenoxy) is 1. The molecule has 5 heteroatoms. The highest BCUT2D eigenvalue weighted by atomic mass is 16.5. The highest BCUT2D eigenvalue weighted by molar-refractivity contribution is 5.28. The molecular weight excluding hydrogens is 230 g/mol. The number of aromatic nitrogens is 1. The van der Waals surface area contributed by atoms with Gasteiger partial charge < -0.3 is 19.4 Å². The van der Waals surface area contributed by atoms with Crippen molar-refractivity contribution >= 4 is 6.01 Å². The Hall–Kier alpha value is -1.07. The van der Waals surface area contributed by atoms with Gasteiger partial charge in [-0.05, 0) is 18.9 Å². The van der Waals surface area contributed by atoms with Crippen LogP contribution >= 0.6 is 0 Å². The summed E-state index contributed by atoms with van der Waals surface area (Å²) in [5, 5.41) is 3.24. The van der Waals surface area contributed by atoms with Gasteiger partial charge in [-0.25, -0.2) is 0 Å². The van der Waals surface area contributed by atoms with Crippen molar-refractivity contribution in [2.45, 2.75) is 32.9 Å². The second-order valence-corrected chi connectivity index (χ2v) is 4.89. The molecule has 2 atom stereocenters. The molecule has 102 valence electrons. The van der Waals surface area contributed by atoms with Crippen molar-refractivity contribution in [1.82, 2.24) is 10.3 Å². The average Bonchev–Trinajstić information content (AvgIpc) is 2.85. The number of rotatable bonds is 5. The number of oxazole rings is 1. The van der Waals surface area contributed by atoms with E-state index < -0.39 is 0 Å². The molecule has 5 nitrogen and oxygen atoms in total. The fraction of sp³-hybridized carbons (Fsp3) is 0.769. The molecule has 0 spiro atoms. The van der Waals surface area contributed by atoms with E-state index in [9.17, 15) is 0 Å². The first-order valence-electron chi connectivity index (χ1n) is 6.67. The predicted molar refractivity (Wildman–Crippen MR) is 70.7 cm³/mol. The summed E-state index contributed by atoms with van der Waals surface area (Å²) in [7, 11) is 1.77. The predicted octanol–water partition coefficient (Wildman–Crippen LogP) is 1.65. The first-order valence-corrected chi connectivity index (χ1v) is 6.67. The summed E-state index contributed by atoms with van der Waals surface area (Å²) in [5.41, 5.74) is 0.958. The molecule has 0 radical (unpaired) electrons. The van der Waals surface area contributed by atoms with Crippen LogP contribution < -0.4 is 10.2 Å². The molecule has 0 bridgehead atoms. The Morgan fingerprint density at radius 1 is 1.61 bits per heavy atom. The van der Waals surface area contributed by atoms with Crippen molar-refractivity contribution in [3.8, 4) is 0 Å². The monoisotopic (exact) mass is 253 g/mol. The molecule has 0 aliphatic carbocycles. The molecule has 2 rings (SSSR count). The van der Waals surface area contributed by atoms with Crippen molar-refractivity contribution in [2.24, 2.45) is 5.92 Å². The van der Waals surface area contributed by atoms with E-state index in [0.717, 1.165) is 44.3 Å². The average molecular weight is 253 g/mol. The first kappa shape index (κ1) is 13.4. The van der Waals surface area contributed by atoms with Crippen LogP contribution in [0.15, 0.2) is 10.7 Å². The van der Waals surface area contributed by atoms with Crippen LogP contribution in [-0.2, 0) is 11.3 Å². The third kappa shape index (κ3) is 3.03. The number of piperidine rings is 1. The van der Waals surface area contributed by atoms with Gasteiger partial charge in [-0.15, -0.1) is 0 Å². The highest BCUT2D eigenvalue weighted by Crippen LogP contribution is 2.24. The summed E-state index contributed by atoms with van der Waals surface area (Å²) in [6.07, 6.45) is 3.12. The minimum absolute atomic E-state index is 0.267. The summed E-state index contributed by atoms with van der Waals surface area (Å²) in [5.74, 6) is 0.599. The first-order chi connectivity index (χ1) is 8.74. The van der Waals surface area contributed by atoms with Crippen molar-refractivity contribution in [2.75, 3.05) is 31.6 Å². The van der Waals surface area contributed by atoms with E-state index in [2.05, 4.69) is 29.0 Å².